The third kappa shape index (κ3) is 1.46. The molecule has 0 aliphatic heterocycles. The van der Waals surface area contributed by atoms with Crippen molar-refractivity contribution in [3.8, 4) is 0 Å². The maximum Gasteiger partial charge on any atom is 0.179 e. The lowest BCUT2D eigenvalue weighted by molar-refractivity contribution is 0.101. The highest BCUT2D eigenvalue weighted by molar-refractivity contribution is 5.92. The molecule has 0 atom stereocenters. The molecule has 4 nitrogen and oxygen atoms in total. The van der Waals surface area contributed by atoms with Crippen LogP contribution < -0.4 is 0 Å². The number of carbonyl (C=O) groups is 1. The second-order valence-electron chi connectivity index (χ2n) is 2.36. The van der Waals surface area contributed by atoms with Gasteiger partial charge in [-0.2, -0.15) is 5.10 Å². The molecule has 1 heterocycles. The zero-order valence-corrected chi connectivity index (χ0v) is 6.53. The number of aromatic nitrogens is 2. The van der Waals surface area contributed by atoms with Crippen LogP contribution in [0.4, 0.5) is 0 Å². The Labute approximate surface area is 64.5 Å². The first-order chi connectivity index (χ1) is 5.15. The summed E-state index contributed by atoms with van der Waals surface area (Å²) in [5.74, 6) is -0.0831. The monoisotopic (exact) mass is 154 g/mol. The Morgan fingerprint density at radius 1 is 1.82 bits per heavy atom. The van der Waals surface area contributed by atoms with Crippen LogP contribution in [0.3, 0.4) is 0 Å². The van der Waals surface area contributed by atoms with Crippen LogP contribution in [0, 0.1) is 0 Å². The fourth-order valence-electron chi connectivity index (χ4n) is 0.826. The summed E-state index contributed by atoms with van der Waals surface area (Å²) in [5, 5.41) is 12.6. The standard InChI is InChI=1S/C7H10N2O2/c1-5(11)7-3-6(4-10)9(2)8-7/h3,10H,4H2,1-2H3. The largest absolute Gasteiger partial charge is 0.390 e. The molecule has 1 N–H and O–H groups in total. The third-order valence-corrected chi connectivity index (χ3v) is 1.50. The first kappa shape index (κ1) is 7.94. The van der Waals surface area contributed by atoms with Crippen LogP contribution >= 0.6 is 0 Å². The van der Waals surface area contributed by atoms with Gasteiger partial charge in [0, 0.05) is 14.0 Å². The van der Waals surface area contributed by atoms with Crippen molar-refractivity contribution in [2.45, 2.75) is 13.5 Å². The summed E-state index contributed by atoms with van der Waals surface area (Å²) in [6.07, 6.45) is 0. The Morgan fingerprint density at radius 3 is 2.73 bits per heavy atom. The van der Waals surface area contributed by atoms with E-state index in [2.05, 4.69) is 5.10 Å². The van der Waals surface area contributed by atoms with Gasteiger partial charge in [-0.05, 0) is 6.07 Å². The predicted octanol–water partition coefficient (Wildman–Crippen LogP) is 0.115. The van der Waals surface area contributed by atoms with Crippen molar-refractivity contribution < 1.29 is 9.90 Å². The van der Waals surface area contributed by atoms with Gasteiger partial charge in [-0.1, -0.05) is 0 Å². The number of aryl methyl sites for hydroxylation is 1. The maximum absolute atomic E-state index is 10.8. The lowest BCUT2D eigenvalue weighted by atomic mass is 10.3. The number of nitrogens with zero attached hydrogens (tertiary/aromatic N) is 2. The van der Waals surface area contributed by atoms with Gasteiger partial charge in [0.1, 0.15) is 5.69 Å². The van der Waals surface area contributed by atoms with Gasteiger partial charge in [0.15, 0.2) is 5.78 Å². The highest BCUT2D eigenvalue weighted by Crippen LogP contribution is 2.02. The summed E-state index contributed by atoms with van der Waals surface area (Å²) in [4.78, 5) is 10.8. The lowest BCUT2D eigenvalue weighted by Crippen LogP contribution is -1.98. The minimum absolute atomic E-state index is 0.0831. The second-order valence-corrected chi connectivity index (χ2v) is 2.36. The zero-order valence-electron chi connectivity index (χ0n) is 6.53. The Hall–Kier alpha value is -1.16. The predicted molar refractivity (Wildman–Crippen MR) is 39.1 cm³/mol. The summed E-state index contributed by atoms with van der Waals surface area (Å²) in [7, 11) is 1.69. The molecule has 0 bridgehead atoms. The average molecular weight is 154 g/mol. The van der Waals surface area contributed by atoms with E-state index in [1.165, 1.54) is 11.6 Å². The van der Waals surface area contributed by atoms with E-state index in [9.17, 15) is 4.79 Å². The molecule has 4 heteroatoms. The van der Waals surface area contributed by atoms with Crippen molar-refractivity contribution in [1.82, 2.24) is 9.78 Å². The molecule has 60 valence electrons. The smallest absolute Gasteiger partial charge is 0.179 e. The summed E-state index contributed by atoms with van der Waals surface area (Å²) in [5.41, 5.74) is 1.05. The Bertz CT molecular complexity index is 278. The first-order valence-electron chi connectivity index (χ1n) is 3.30. The van der Waals surface area contributed by atoms with E-state index in [1.807, 2.05) is 0 Å². The Morgan fingerprint density at radius 2 is 2.45 bits per heavy atom. The minimum Gasteiger partial charge on any atom is -0.390 e. The highest BCUT2D eigenvalue weighted by atomic mass is 16.3. The van der Waals surface area contributed by atoms with Crippen molar-refractivity contribution in [3.63, 3.8) is 0 Å². The minimum atomic E-state index is -0.0865. The fraction of sp³-hybridized carbons (Fsp3) is 0.429. The van der Waals surface area contributed by atoms with E-state index in [0.29, 0.717) is 11.4 Å². The van der Waals surface area contributed by atoms with Gasteiger partial charge in [-0.3, -0.25) is 9.48 Å². The number of rotatable bonds is 2. The van der Waals surface area contributed by atoms with Crippen LogP contribution in [0.25, 0.3) is 0 Å². The van der Waals surface area contributed by atoms with Crippen LogP contribution in [0.2, 0.25) is 0 Å². The van der Waals surface area contributed by atoms with E-state index >= 15 is 0 Å². The molecule has 1 aromatic heterocycles. The Kier molecular flexibility index (Phi) is 2.05. The third-order valence-electron chi connectivity index (χ3n) is 1.50. The molecule has 0 fully saturated rings. The Balaban J connectivity index is 3.05. The molecule has 0 aromatic carbocycles. The molecule has 0 aliphatic rings. The summed E-state index contributed by atoms with van der Waals surface area (Å²) >= 11 is 0. The zero-order chi connectivity index (χ0) is 8.43. The SMILES string of the molecule is CC(=O)c1cc(CO)n(C)n1. The molecule has 11 heavy (non-hydrogen) atoms. The number of ketones is 1. The van der Waals surface area contributed by atoms with E-state index in [0.717, 1.165) is 0 Å². The summed E-state index contributed by atoms with van der Waals surface area (Å²) < 4.78 is 1.50. The van der Waals surface area contributed by atoms with Gasteiger partial charge in [0.05, 0.1) is 12.3 Å². The van der Waals surface area contributed by atoms with Crippen molar-refractivity contribution in [1.29, 1.82) is 0 Å². The topological polar surface area (TPSA) is 55.1 Å². The van der Waals surface area contributed by atoms with Crippen molar-refractivity contribution in [3.05, 3.63) is 17.5 Å². The molecule has 0 radical (unpaired) electrons. The molecule has 0 aliphatic carbocycles. The van der Waals surface area contributed by atoms with Gasteiger partial charge in [0.25, 0.3) is 0 Å². The normalized spacial score (nSPS) is 10.1. The van der Waals surface area contributed by atoms with Crippen LogP contribution in [-0.4, -0.2) is 20.7 Å². The molecular formula is C7H10N2O2. The van der Waals surface area contributed by atoms with Crippen LogP contribution in [0.5, 0.6) is 0 Å². The number of hydrogen-bond acceptors (Lipinski definition) is 3. The fourth-order valence-corrected chi connectivity index (χ4v) is 0.826. The van der Waals surface area contributed by atoms with Gasteiger partial charge < -0.3 is 5.11 Å². The van der Waals surface area contributed by atoms with Crippen molar-refractivity contribution in [2.75, 3.05) is 0 Å². The van der Waals surface area contributed by atoms with E-state index in [4.69, 9.17) is 5.11 Å². The lowest BCUT2D eigenvalue weighted by Gasteiger charge is -1.92. The highest BCUT2D eigenvalue weighted by Gasteiger charge is 2.06. The number of Topliss-reactive ketones (excluding diaryl/α,β-unsaturated/α-hetero) is 1. The van der Waals surface area contributed by atoms with Crippen LogP contribution in [0.1, 0.15) is 23.1 Å². The molecule has 0 saturated carbocycles. The van der Waals surface area contributed by atoms with Gasteiger partial charge in [0.2, 0.25) is 0 Å². The van der Waals surface area contributed by atoms with Crippen LogP contribution in [-0.2, 0) is 13.7 Å². The number of carbonyl (C=O) groups excluding carboxylic acids is 1. The average Bonchev–Trinajstić information content (AvgIpc) is 2.31. The number of hydrogen-bond donors (Lipinski definition) is 1. The molecule has 1 aromatic rings. The number of aliphatic hydroxyl groups is 1. The molecule has 0 spiro atoms. The van der Waals surface area contributed by atoms with Crippen LogP contribution in [0.15, 0.2) is 6.07 Å². The van der Waals surface area contributed by atoms with Crippen molar-refractivity contribution in [2.24, 2.45) is 7.05 Å². The molecule has 0 unspecified atom stereocenters. The quantitative estimate of drug-likeness (QED) is 0.615. The van der Waals surface area contributed by atoms with Gasteiger partial charge in [-0.15, -0.1) is 0 Å². The summed E-state index contributed by atoms with van der Waals surface area (Å²) in [6.45, 7) is 1.36. The molecule has 0 saturated heterocycles. The van der Waals surface area contributed by atoms with Gasteiger partial charge >= 0.3 is 0 Å². The van der Waals surface area contributed by atoms with E-state index in [1.54, 1.807) is 13.1 Å². The number of aliphatic hydroxyl groups excluding tert-OH is 1. The van der Waals surface area contributed by atoms with E-state index in [-0.39, 0.29) is 12.4 Å². The first-order valence-corrected chi connectivity index (χ1v) is 3.30. The summed E-state index contributed by atoms with van der Waals surface area (Å²) in [6, 6.07) is 1.59. The molecular weight excluding hydrogens is 144 g/mol. The molecule has 1 rings (SSSR count). The van der Waals surface area contributed by atoms with E-state index < -0.39 is 0 Å². The molecule has 0 amide bonds. The second kappa shape index (κ2) is 2.84. The maximum atomic E-state index is 10.8. The van der Waals surface area contributed by atoms with Crippen molar-refractivity contribution >= 4 is 5.78 Å². The van der Waals surface area contributed by atoms with Gasteiger partial charge in [-0.25, -0.2) is 0 Å².